The number of carbonyl (C=O) groups excluding carboxylic acids is 1. The lowest BCUT2D eigenvalue weighted by atomic mass is 10.3. The molecule has 1 aromatic carbocycles. The molecular weight excluding hydrogens is 452 g/mol. The third-order valence-corrected chi connectivity index (χ3v) is 8.46. The Labute approximate surface area is 180 Å². The van der Waals surface area contributed by atoms with Crippen LogP contribution in [0, 0.1) is 0 Å². The summed E-state index contributed by atoms with van der Waals surface area (Å²) < 4.78 is 53.5. The smallest absolute Gasteiger partial charge is 0.244 e. The molecular formula is C18H21ClN4O5S2. The van der Waals surface area contributed by atoms with Gasteiger partial charge in [0, 0.05) is 51.5 Å². The second-order valence-corrected chi connectivity index (χ2v) is 10.6. The summed E-state index contributed by atoms with van der Waals surface area (Å²) in [6, 6.07) is 9.07. The molecule has 2 heterocycles. The van der Waals surface area contributed by atoms with Crippen molar-refractivity contribution in [2.45, 2.75) is 16.2 Å². The van der Waals surface area contributed by atoms with E-state index in [1.54, 1.807) is 18.2 Å². The maximum atomic E-state index is 12.6. The fourth-order valence-corrected chi connectivity index (χ4v) is 5.95. The minimum absolute atomic E-state index is 0.0426. The fourth-order valence-electron chi connectivity index (χ4n) is 3.02. The number of piperazine rings is 1. The highest BCUT2D eigenvalue weighted by molar-refractivity contribution is 7.89. The van der Waals surface area contributed by atoms with E-state index in [2.05, 4.69) is 9.71 Å². The molecule has 0 saturated carbocycles. The van der Waals surface area contributed by atoms with Crippen LogP contribution in [0.25, 0.3) is 0 Å². The first-order valence-electron chi connectivity index (χ1n) is 9.14. The van der Waals surface area contributed by atoms with Crippen LogP contribution in [0.15, 0.2) is 58.6 Å². The van der Waals surface area contributed by atoms with E-state index in [1.807, 2.05) is 0 Å². The lowest BCUT2D eigenvalue weighted by Crippen LogP contribution is -2.50. The second kappa shape index (κ2) is 9.40. The van der Waals surface area contributed by atoms with Crippen molar-refractivity contribution in [3.05, 3.63) is 53.8 Å². The zero-order valence-electron chi connectivity index (χ0n) is 15.9. The number of nitrogens with zero attached hydrogens (tertiary/aromatic N) is 3. The van der Waals surface area contributed by atoms with Gasteiger partial charge in [-0.2, -0.15) is 4.31 Å². The molecule has 30 heavy (non-hydrogen) atoms. The number of halogens is 1. The zero-order valence-corrected chi connectivity index (χ0v) is 18.3. The number of aromatic nitrogens is 1. The van der Waals surface area contributed by atoms with Gasteiger partial charge in [0.2, 0.25) is 26.0 Å². The van der Waals surface area contributed by atoms with Gasteiger partial charge in [0.15, 0.2) is 0 Å². The lowest BCUT2D eigenvalue weighted by molar-refractivity contribution is -0.132. The van der Waals surface area contributed by atoms with Crippen molar-refractivity contribution in [2.24, 2.45) is 0 Å². The number of nitrogens with one attached hydrogen (secondary N) is 1. The Balaban J connectivity index is 1.51. The first-order valence-corrected chi connectivity index (χ1v) is 12.4. The van der Waals surface area contributed by atoms with Gasteiger partial charge in [-0.25, -0.2) is 21.6 Å². The van der Waals surface area contributed by atoms with Gasteiger partial charge >= 0.3 is 0 Å². The molecule has 9 nitrogen and oxygen atoms in total. The average molecular weight is 473 g/mol. The van der Waals surface area contributed by atoms with Crippen LogP contribution in [-0.4, -0.2) is 69.7 Å². The van der Waals surface area contributed by atoms with Crippen LogP contribution in [0.4, 0.5) is 0 Å². The normalized spacial score (nSPS) is 15.8. The number of hydrogen-bond acceptors (Lipinski definition) is 6. The number of carbonyl (C=O) groups is 1. The Morgan fingerprint density at radius 3 is 2.37 bits per heavy atom. The van der Waals surface area contributed by atoms with Crippen LogP contribution in [0.2, 0.25) is 5.02 Å². The van der Waals surface area contributed by atoms with Crippen molar-refractivity contribution in [1.82, 2.24) is 18.9 Å². The Morgan fingerprint density at radius 1 is 1.03 bits per heavy atom. The standard InChI is InChI=1S/C18H21ClN4O5S2/c19-16-5-1-2-6-17(16)29(25,26)21-9-7-18(24)22-10-12-23(13-11-22)30(27,28)15-4-3-8-20-14-15/h1-6,8,14,21H,7,9-13H2. The second-order valence-electron chi connectivity index (χ2n) is 6.55. The molecule has 12 heteroatoms. The van der Waals surface area contributed by atoms with Crippen molar-refractivity contribution < 1.29 is 21.6 Å². The monoisotopic (exact) mass is 472 g/mol. The van der Waals surface area contributed by atoms with Gasteiger partial charge < -0.3 is 4.90 Å². The Hall–Kier alpha value is -2.05. The Morgan fingerprint density at radius 2 is 1.73 bits per heavy atom. The molecule has 1 saturated heterocycles. The van der Waals surface area contributed by atoms with E-state index in [9.17, 15) is 21.6 Å². The highest BCUT2D eigenvalue weighted by Crippen LogP contribution is 2.20. The summed E-state index contributed by atoms with van der Waals surface area (Å²) in [6.45, 7) is 0.703. The number of rotatable bonds is 7. The first kappa shape index (κ1) is 22.6. The van der Waals surface area contributed by atoms with Crippen LogP contribution >= 0.6 is 11.6 Å². The molecule has 0 radical (unpaired) electrons. The van der Waals surface area contributed by atoms with Gasteiger partial charge in [0.25, 0.3) is 0 Å². The van der Waals surface area contributed by atoms with Gasteiger partial charge in [0.05, 0.1) is 5.02 Å². The maximum absolute atomic E-state index is 12.6. The zero-order chi connectivity index (χ0) is 21.8. The van der Waals surface area contributed by atoms with Crippen LogP contribution < -0.4 is 4.72 Å². The third-order valence-electron chi connectivity index (χ3n) is 4.62. The number of sulfonamides is 2. The summed E-state index contributed by atoms with van der Waals surface area (Å²) in [7, 11) is -7.48. The van der Waals surface area contributed by atoms with E-state index in [-0.39, 0.29) is 59.9 Å². The van der Waals surface area contributed by atoms with Crippen molar-refractivity contribution in [3.63, 3.8) is 0 Å². The van der Waals surface area contributed by atoms with Gasteiger partial charge in [-0.05, 0) is 24.3 Å². The third kappa shape index (κ3) is 5.16. The SMILES string of the molecule is O=C(CCNS(=O)(=O)c1ccccc1Cl)N1CCN(S(=O)(=O)c2cccnc2)CC1. The van der Waals surface area contributed by atoms with Gasteiger partial charge in [-0.1, -0.05) is 23.7 Å². The number of hydrogen-bond donors (Lipinski definition) is 1. The van der Waals surface area contributed by atoms with Crippen LogP contribution in [0.3, 0.4) is 0 Å². The fraction of sp³-hybridized carbons (Fsp3) is 0.333. The molecule has 1 aromatic heterocycles. The van der Waals surface area contributed by atoms with Crippen molar-refractivity contribution in [1.29, 1.82) is 0 Å². The molecule has 1 amide bonds. The van der Waals surface area contributed by atoms with E-state index < -0.39 is 20.0 Å². The summed E-state index contributed by atoms with van der Waals surface area (Å²) in [5.74, 6) is -0.254. The predicted octanol–water partition coefficient (Wildman–Crippen LogP) is 0.936. The minimum Gasteiger partial charge on any atom is -0.340 e. The van der Waals surface area contributed by atoms with Crippen LogP contribution in [0.5, 0.6) is 0 Å². The van der Waals surface area contributed by atoms with E-state index >= 15 is 0 Å². The van der Waals surface area contributed by atoms with E-state index in [0.717, 1.165) is 0 Å². The highest BCUT2D eigenvalue weighted by atomic mass is 35.5. The van der Waals surface area contributed by atoms with Gasteiger partial charge in [0.1, 0.15) is 9.79 Å². The molecule has 1 aliphatic heterocycles. The summed E-state index contributed by atoms with van der Waals surface area (Å²) >= 11 is 5.91. The van der Waals surface area contributed by atoms with E-state index in [0.29, 0.717) is 0 Å². The lowest BCUT2D eigenvalue weighted by Gasteiger charge is -2.34. The summed E-state index contributed by atoms with van der Waals surface area (Å²) in [4.78, 5) is 17.8. The molecule has 0 unspecified atom stereocenters. The molecule has 2 aromatic rings. The number of pyridine rings is 1. The molecule has 3 rings (SSSR count). The van der Waals surface area contributed by atoms with E-state index in [1.165, 1.54) is 39.8 Å². The van der Waals surface area contributed by atoms with Crippen LogP contribution in [-0.2, 0) is 24.8 Å². The summed E-state index contributed by atoms with van der Waals surface area (Å²) in [6.07, 6.45) is 2.74. The van der Waals surface area contributed by atoms with Gasteiger partial charge in [-0.15, -0.1) is 0 Å². The molecule has 1 aliphatic rings. The largest absolute Gasteiger partial charge is 0.340 e. The molecule has 0 spiro atoms. The average Bonchev–Trinajstić information content (AvgIpc) is 2.74. The molecule has 1 N–H and O–H groups in total. The summed E-state index contributed by atoms with van der Waals surface area (Å²) in [5.41, 5.74) is 0. The molecule has 1 fully saturated rings. The van der Waals surface area contributed by atoms with Crippen LogP contribution in [0.1, 0.15) is 6.42 Å². The van der Waals surface area contributed by atoms with E-state index in [4.69, 9.17) is 11.6 Å². The first-order chi connectivity index (χ1) is 14.2. The maximum Gasteiger partial charge on any atom is 0.244 e. The Bertz CT molecular complexity index is 1100. The molecule has 162 valence electrons. The van der Waals surface area contributed by atoms with Crippen molar-refractivity contribution in [3.8, 4) is 0 Å². The quantitative estimate of drug-likeness (QED) is 0.640. The Kier molecular flexibility index (Phi) is 7.09. The number of benzene rings is 1. The topological polar surface area (TPSA) is 117 Å². The minimum atomic E-state index is -3.82. The molecule has 0 bridgehead atoms. The molecule has 0 atom stereocenters. The van der Waals surface area contributed by atoms with Crippen molar-refractivity contribution >= 4 is 37.6 Å². The molecule has 0 aliphatic carbocycles. The van der Waals surface area contributed by atoms with Crippen molar-refractivity contribution in [2.75, 3.05) is 32.7 Å². The summed E-state index contributed by atoms with van der Waals surface area (Å²) in [5, 5.41) is 0.0993. The highest BCUT2D eigenvalue weighted by Gasteiger charge is 2.30. The van der Waals surface area contributed by atoms with Gasteiger partial charge in [-0.3, -0.25) is 9.78 Å². The number of amides is 1. The predicted molar refractivity (Wildman–Crippen MR) is 111 cm³/mol.